The number of aromatic nitrogens is 1. The first-order valence-electron chi connectivity index (χ1n) is 7.61. The monoisotopic (exact) mass is 366 g/mol. The Bertz CT molecular complexity index is 688. The third kappa shape index (κ3) is 6.17. The summed E-state index contributed by atoms with van der Waals surface area (Å²) < 4.78 is 0. The van der Waals surface area contributed by atoms with E-state index in [2.05, 4.69) is 27.9 Å². The predicted octanol–water partition coefficient (Wildman–Crippen LogP) is 3.90. The van der Waals surface area contributed by atoms with Crippen molar-refractivity contribution in [2.45, 2.75) is 26.2 Å². The second-order valence-corrected chi connectivity index (χ2v) is 6.40. The van der Waals surface area contributed by atoms with Crippen LogP contribution in [0.2, 0.25) is 5.02 Å². The number of nitrogens with zero attached hydrogens (tertiary/aromatic N) is 1. The summed E-state index contributed by atoms with van der Waals surface area (Å²) in [6.07, 6.45) is 2.20. The van der Waals surface area contributed by atoms with Gasteiger partial charge in [0.05, 0.1) is 12.1 Å². The fourth-order valence-electron chi connectivity index (χ4n) is 1.87. The topological polar surface area (TPSA) is 83.1 Å². The van der Waals surface area contributed by atoms with Crippen molar-refractivity contribution in [3.63, 3.8) is 0 Å². The van der Waals surface area contributed by atoms with Crippen LogP contribution in [0.25, 0.3) is 0 Å². The average molecular weight is 367 g/mol. The van der Waals surface area contributed by atoms with Crippen molar-refractivity contribution in [2.24, 2.45) is 0 Å². The maximum Gasteiger partial charge on any atom is 0.325 e. The smallest absolute Gasteiger partial charge is 0.325 e. The Labute approximate surface area is 149 Å². The van der Waals surface area contributed by atoms with Crippen LogP contribution in [-0.2, 0) is 11.2 Å². The van der Waals surface area contributed by atoms with Gasteiger partial charge in [-0.25, -0.2) is 9.78 Å². The Kier molecular flexibility index (Phi) is 7.02. The molecule has 0 aliphatic carbocycles. The number of halogens is 1. The summed E-state index contributed by atoms with van der Waals surface area (Å²) in [6.45, 7) is 2.74. The summed E-state index contributed by atoms with van der Waals surface area (Å²) in [7, 11) is 0. The molecular weight excluding hydrogens is 348 g/mol. The Balaban J connectivity index is 1.81. The van der Waals surface area contributed by atoms with Crippen molar-refractivity contribution in [1.82, 2.24) is 10.3 Å². The molecule has 128 valence electrons. The van der Waals surface area contributed by atoms with Gasteiger partial charge in [0.1, 0.15) is 0 Å². The van der Waals surface area contributed by atoms with Crippen LogP contribution in [0.4, 0.5) is 15.6 Å². The summed E-state index contributed by atoms with van der Waals surface area (Å²) in [5.41, 5.74) is 1.26. The highest BCUT2D eigenvalue weighted by atomic mass is 35.5. The molecule has 1 aromatic carbocycles. The molecule has 0 saturated carbocycles. The number of carbonyl (C=O) groups excluding carboxylic acids is 2. The molecule has 0 bridgehead atoms. The van der Waals surface area contributed by atoms with Crippen molar-refractivity contribution >= 4 is 45.7 Å². The van der Waals surface area contributed by atoms with E-state index < -0.39 is 6.03 Å². The van der Waals surface area contributed by atoms with Gasteiger partial charge in [-0.1, -0.05) is 24.9 Å². The minimum absolute atomic E-state index is 0.0640. The number of anilines is 2. The van der Waals surface area contributed by atoms with Crippen LogP contribution in [0.15, 0.2) is 29.6 Å². The van der Waals surface area contributed by atoms with Crippen LogP contribution < -0.4 is 16.0 Å². The lowest BCUT2D eigenvalue weighted by Gasteiger charge is -2.05. The maximum atomic E-state index is 11.9. The fourth-order valence-corrected chi connectivity index (χ4v) is 2.70. The third-order valence-electron chi connectivity index (χ3n) is 3.07. The van der Waals surface area contributed by atoms with Gasteiger partial charge in [-0.15, -0.1) is 11.3 Å². The summed E-state index contributed by atoms with van der Waals surface area (Å²) in [5, 5.41) is 11.0. The highest BCUT2D eigenvalue weighted by Gasteiger charge is 2.09. The van der Waals surface area contributed by atoms with Crippen LogP contribution in [-0.4, -0.2) is 23.5 Å². The van der Waals surface area contributed by atoms with Crippen molar-refractivity contribution in [3.8, 4) is 0 Å². The number of nitrogens with one attached hydrogen (secondary N) is 3. The molecule has 3 N–H and O–H groups in total. The van der Waals surface area contributed by atoms with Crippen LogP contribution in [0.1, 0.15) is 25.5 Å². The molecule has 6 nitrogen and oxygen atoms in total. The highest BCUT2D eigenvalue weighted by molar-refractivity contribution is 7.14. The lowest BCUT2D eigenvalue weighted by Crippen LogP contribution is -2.26. The van der Waals surface area contributed by atoms with E-state index >= 15 is 0 Å². The minimum atomic E-state index is -0.398. The van der Waals surface area contributed by atoms with Crippen molar-refractivity contribution in [1.29, 1.82) is 0 Å². The second-order valence-electron chi connectivity index (χ2n) is 5.11. The normalized spacial score (nSPS) is 10.2. The van der Waals surface area contributed by atoms with Crippen molar-refractivity contribution < 1.29 is 9.59 Å². The summed E-state index contributed by atoms with van der Waals surface area (Å²) in [6, 6.07) is 6.39. The predicted molar refractivity (Wildman–Crippen MR) is 97.8 cm³/mol. The molecule has 2 aromatic rings. The number of thiazole rings is 1. The summed E-state index contributed by atoms with van der Waals surface area (Å²) >= 11 is 7.07. The van der Waals surface area contributed by atoms with Gasteiger partial charge in [0.15, 0.2) is 5.13 Å². The van der Waals surface area contributed by atoms with Crippen LogP contribution >= 0.6 is 22.9 Å². The Morgan fingerprint density at radius 3 is 2.67 bits per heavy atom. The molecule has 1 heterocycles. The summed E-state index contributed by atoms with van der Waals surface area (Å²) in [4.78, 5) is 27.9. The molecule has 0 aliphatic heterocycles. The molecule has 0 spiro atoms. The quantitative estimate of drug-likeness (QED) is 0.650. The van der Waals surface area contributed by atoms with Gasteiger partial charge in [0, 0.05) is 22.6 Å². The van der Waals surface area contributed by atoms with Gasteiger partial charge in [0.2, 0.25) is 5.91 Å². The number of benzene rings is 1. The van der Waals surface area contributed by atoms with E-state index in [1.54, 1.807) is 29.6 Å². The first kappa shape index (κ1) is 18.2. The van der Waals surface area contributed by atoms with Crippen molar-refractivity contribution in [2.75, 3.05) is 17.2 Å². The van der Waals surface area contributed by atoms with Gasteiger partial charge < -0.3 is 10.6 Å². The van der Waals surface area contributed by atoms with Crippen molar-refractivity contribution in [3.05, 3.63) is 40.4 Å². The zero-order valence-corrected chi connectivity index (χ0v) is 14.8. The average Bonchev–Trinajstić information content (AvgIpc) is 2.96. The van der Waals surface area contributed by atoms with Crippen LogP contribution in [0.3, 0.4) is 0 Å². The molecule has 0 fully saturated rings. The molecule has 8 heteroatoms. The second kappa shape index (κ2) is 9.24. The van der Waals surface area contributed by atoms with Gasteiger partial charge in [-0.2, -0.15) is 0 Å². The molecule has 1 aromatic heterocycles. The number of urea groups is 1. The Morgan fingerprint density at radius 1 is 1.21 bits per heavy atom. The molecule has 0 saturated heterocycles. The fraction of sp³-hybridized carbons (Fsp3) is 0.312. The highest BCUT2D eigenvalue weighted by Crippen LogP contribution is 2.17. The van der Waals surface area contributed by atoms with Gasteiger partial charge in [-0.05, 0) is 30.7 Å². The molecule has 2 rings (SSSR count). The van der Waals surface area contributed by atoms with E-state index in [1.165, 1.54) is 11.3 Å². The lowest BCUT2D eigenvalue weighted by atomic mass is 10.3. The number of unbranched alkanes of at least 4 members (excludes halogenated alkanes) is 1. The number of carbonyl (C=O) groups is 2. The van der Waals surface area contributed by atoms with E-state index in [9.17, 15) is 9.59 Å². The Hall–Kier alpha value is -2.12. The van der Waals surface area contributed by atoms with Gasteiger partial charge >= 0.3 is 6.03 Å². The number of rotatable bonds is 7. The van der Waals surface area contributed by atoms with Crippen LogP contribution in [0.5, 0.6) is 0 Å². The largest absolute Gasteiger partial charge is 0.356 e. The van der Waals surface area contributed by atoms with E-state index in [-0.39, 0.29) is 12.3 Å². The first-order chi connectivity index (χ1) is 11.6. The molecule has 0 atom stereocenters. The third-order valence-corrected chi connectivity index (χ3v) is 4.13. The van der Waals surface area contributed by atoms with Gasteiger partial charge in [-0.3, -0.25) is 10.1 Å². The number of hydrogen-bond acceptors (Lipinski definition) is 4. The lowest BCUT2D eigenvalue weighted by molar-refractivity contribution is -0.120. The van der Waals surface area contributed by atoms with Gasteiger partial charge in [0.25, 0.3) is 0 Å². The molecular formula is C16H19ClN4O2S. The zero-order valence-electron chi connectivity index (χ0n) is 13.3. The first-order valence-corrected chi connectivity index (χ1v) is 8.87. The summed E-state index contributed by atoms with van der Waals surface area (Å²) in [5.74, 6) is -0.0640. The molecule has 0 unspecified atom stereocenters. The molecule has 0 radical (unpaired) electrons. The van der Waals surface area contributed by atoms with E-state index in [4.69, 9.17) is 11.6 Å². The number of amides is 3. The van der Waals surface area contributed by atoms with Crippen LogP contribution in [0, 0.1) is 0 Å². The Morgan fingerprint density at radius 2 is 1.96 bits per heavy atom. The van der Waals surface area contributed by atoms with E-state index in [0.29, 0.717) is 28.1 Å². The maximum absolute atomic E-state index is 11.9. The molecule has 0 aliphatic rings. The van der Waals surface area contributed by atoms with E-state index in [0.717, 1.165) is 12.8 Å². The number of hydrogen-bond donors (Lipinski definition) is 3. The molecule has 3 amide bonds. The standard InChI is InChI=1S/C16H19ClN4O2S/c1-2-3-8-18-14(22)9-13-10-24-16(20-13)21-15(23)19-12-6-4-11(17)5-7-12/h4-7,10H,2-3,8-9H2,1H3,(H,18,22)(H2,19,20,21,23). The van der Waals surface area contributed by atoms with E-state index in [1.807, 2.05) is 0 Å². The molecule has 24 heavy (non-hydrogen) atoms. The zero-order chi connectivity index (χ0) is 17.4. The minimum Gasteiger partial charge on any atom is -0.356 e. The SMILES string of the molecule is CCCCNC(=O)Cc1csc(NC(=O)Nc2ccc(Cl)cc2)n1.